The third-order valence-electron chi connectivity index (χ3n) is 5.10. The van der Waals surface area contributed by atoms with E-state index in [-0.39, 0.29) is 17.0 Å². The second-order valence-electron chi connectivity index (χ2n) is 7.09. The molecule has 1 aromatic heterocycles. The predicted octanol–water partition coefficient (Wildman–Crippen LogP) is 3.72. The Morgan fingerprint density at radius 1 is 1.41 bits per heavy atom. The molecule has 4 rings (SSSR count). The Labute approximate surface area is 162 Å². The number of carbonyl (C=O) groups is 1. The van der Waals surface area contributed by atoms with E-state index in [1.54, 1.807) is 30.6 Å². The fraction of sp³-hybridized carbons (Fsp3) is 0.400. The van der Waals surface area contributed by atoms with Gasteiger partial charge in [-0.2, -0.15) is 0 Å². The average Bonchev–Trinajstić information content (AvgIpc) is 3.06. The summed E-state index contributed by atoms with van der Waals surface area (Å²) in [4.78, 5) is 18.6. The van der Waals surface area contributed by atoms with Gasteiger partial charge in [0.2, 0.25) is 0 Å². The number of likely N-dealkylation sites (tertiary alicyclic amines) is 1. The number of aromatic nitrogens is 1. The third-order valence-corrected chi connectivity index (χ3v) is 5.39. The van der Waals surface area contributed by atoms with Crippen molar-refractivity contribution < 1.29 is 18.7 Å². The first-order valence-corrected chi connectivity index (χ1v) is 9.37. The van der Waals surface area contributed by atoms with Crippen molar-refractivity contribution in [2.75, 3.05) is 19.7 Å². The van der Waals surface area contributed by atoms with E-state index in [4.69, 9.17) is 21.1 Å². The van der Waals surface area contributed by atoms with E-state index in [1.165, 1.54) is 12.1 Å². The van der Waals surface area contributed by atoms with Gasteiger partial charge in [0, 0.05) is 31.4 Å². The molecular formula is C20H20ClFN2O3. The zero-order chi connectivity index (χ0) is 18.9. The number of amides is 1. The van der Waals surface area contributed by atoms with Crippen LogP contribution in [-0.4, -0.2) is 47.2 Å². The standard InChI is InChI=1S/C20H20ClFN2O3/c21-17-9-15(4-5-18(17)22)27-16-10-20(26-12-16)6-2-8-24(13-20)19(25)14-3-1-7-23-11-14/h1,3-5,7,9,11,16H,2,6,8,10,12-13H2/t16-,20+/m1/s1. The van der Waals surface area contributed by atoms with E-state index in [0.29, 0.717) is 37.4 Å². The minimum atomic E-state index is -0.472. The number of rotatable bonds is 3. The molecule has 5 nitrogen and oxygen atoms in total. The fourth-order valence-electron chi connectivity index (χ4n) is 3.85. The Kier molecular flexibility index (Phi) is 5.02. The van der Waals surface area contributed by atoms with Crippen LogP contribution in [0.4, 0.5) is 4.39 Å². The van der Waals surface area contributed by atoms with Crippen molar-refractivity contribution in [2.24, 2.45) is 0 Å². The zero-order valence-corrected chi connectivity index (χ0v) is 15.5. The first kappa shape index (κ1) is 18.2. The Morgan fingerprint density at radius 3 is 3.07 bits per heavy atom. The van der Waals surface area contributed by atoms with Crippen molar-refractivity contribution in [3.8, 4) is 5.75 Å². The highest BCUT2D eigenvalue weighted by atomic mass is 35.5. The van der Waals surface area contributed by atoms with Gasteiger partial charge in [-0.25, -0.2) is 4.39 Å². The average molecular weight is 391 g/mol. The molecule has 7 heteroatoms. The molecule has 2 saturated heterocycles. The van der Waals surface area contributed by atoms with Gasteiger partial charge in [-0.3, -0.25) is 9.78 Å². The molecule has 2 atom stereocenters. The Hall–Kier alpha value is -2.18. The van der Waals surface area contributed by atoms with Crippen LogP contribution in [0.2, 0.25) is 5.02 Å². The SMILES string of the molecule is O=C(c1cccnc1)N1CCC[C@]2(C[C@@H](Oc3ccc(F)c(Cl)c3)CO2)C1. The van der Waals surface area contributed by atoms with Crippen LogP contribution in [0.3, 0.4) is 0 Å². The molecule has 0 radical (unpaired) electrons. The van der Waals surface area contributed by atoms with Gasteiger partial charge >= 0.3 is 0 Å². The van der Waals surface area contributed by atoms with Crippen LogP contribution in [0.15, 0.2) is 42.7 Å². The van der Waals surface area contributed by atoms with Crippen LogP contribution in [0.1, 0.15) is 29.6 Å². The first-order valence-electron chi connectivity index (χ1n) is 9.00. The molecule has 2 aromatic rings. The molecular weight excluding hydrogens is 371 g/mol. The lowest BCUT2D eigenvalue weighted by molar-refractivity contribution is -0.0453. The summed E-state index contributed by atoms with van der Waals surface area (Å²) in [5, 5.41) is 0.0343. The fourth-order valence-corrected chi connectivity index (χ4v) is 4.02. The van der Waals surface area contributed by atoms with Crippen molar-refractivity contribution in [2.45, 2.75) is 31.0 Å². The number of halogens is 2. The number of pyridine rings is 1. The maximum absolute atomic E-state index is 13.3. The van der Waals surface area contributed by atoms with Crippen LogP contribution in [-0.2, 0) is 4.74 Å². The second-order valence-corrected chi connectivity index (χ2v) is 7.49. The Balaban J connectivity index is 1.41. The molecule has 0 aliphatic carbocycles. The van der Waals surface area contributed by atoms with Gasteiger partial charge < -0.3 is 14.4 Å². The minimum Gasteiger partial charge on any atom is -0.488 e. The largest absolute Gasteiger partial charge is 0.488 e. The number of piperidine rings is 1. The maximum Gasteiger partial charge on any atom is 0.255 e. The van der Waals surface area contributed by atoms with Crippen molar-refractivity contribution >= 4 is 17.5 Å². The van der Waals surface area contributed by atoms with Crippen LogP contribution >= 0.6 is 11.6 Å². The normalized spacial score (nSPS) is 25.0. The van der Waals surface area contributed by atoms with Gasteiger partial charge in [0.05, 0.1) is 29.3 Å². The molecule has 1 spiro atoms. The number of hydrogen-bond acceptors (Lipinski definition) is 4. The highest BCUT2D eigenvalue weighted by Crippen LogP contribution is 2.37. The summed E-state index contributed by atoms with van der Waals surface area (Å²) in [7, 11) is 0. The van der Waals surface area contributed by atoms with Gasteiger partial charge in [-0.1, -0.05) is 11.6 Å². The topological polar surface area (TPSA) is 51.7 Å². The zero-order valence-electron chi connectivity index (χ0n) is 14.7. The minimum absolute atomic E-state index is 0.0274. The molecule has 27 heavy (non-hydrogen) atoms. The molecule has 2 fully saturated rings. The lowest BCUT2D eigenvalue weighted by Gasteiger charge is -2.39. The van der Waals surface area contributed by atoms with E-state index in [9.17, 15) is 9.18 Å². The predicted molar refractivity (Wildman–Crippen MR) is 98.5 cm³/mol. The van der Waals surface area contributed by atoms with E-state index in [2.05, 4.69) is 4.98 Å². The summed E-state index contributed by atoms with van der Waals surface area (Å²) < 4.78 is 25.3. The second kappa shape index (κ2) is 7.44. The quantitative estimate of drug-likeness (QED) is 0.801. The number of nitrogens with zero attached hydrogens (tertiary/aromatic N) is 2. The molecule has 1 amide bonds. The van der Waals surface area contributed by atoms with Crippen molar-refractivity contribution in [3.63, 3.8) is 0 Å². The lowest BCUT2D eigenvalue weighted by Crippen LogP contribution is -2.50. The number of ether oxygens (including phenoxy) is 2. The monoisotopic (exact) mass is 390 g/mol. The summed E-state index contributed by atoms with van der Waals surface area (Å²) in [5.41, 5.74) is 0.186. The number of benzene rings is 1. The number of hydrogen-bond donors (Lipinski definition) is 0. The first-order chi connectivity index (χ1) is 13.0. The summed E-state index contributed by atoms with van der Waals surface area (Å²) in [6.07, 6.45) is 5.52. The molecule has 0 N–H and O–H groups in total. The van der Waals surface area contributed by atoms with E-state index in [1.807, 2.05) is 4.90 Å². The highest BCUT2D eigenvalue weighted by molar-refractivity contribution is 6.30. The van der Waals surface area contributed by atoms with Gasteiger partial charge in [0.25, 0.3) is 5.91 Å². The molecule has 142 valence electrons. The van der Waals surface area contributed by atoms with E-state index in [0.717, 1.165) is 12.8 Å². The van der Waals surface area contributed by atoms with Gasteiger partial charge in [-0.05, 0) is 37.1 Å². The number of carbonyl (C=O) groups excluding carboxylic acids is 1. The maximum atomic E-state index is 13.3. The third kappa shape index (κ3) is 3.92. The lowest BCUT2D eigenvalue weighted by atomic mass is 9.89. The van der Waals surface area contributed by atoms with E-state index >= 15 is 0 Å². The molecule has 1 aromatic carbocycles. The van der Waals surface area contributed by atoms with Crippen LogP contribution in [0.5, 0.6) is 5.75 Å². The molecule has 2 aliphatic rings. The Bertz CT molecular complexity index is 835. The molecule has 3 heterocycles. The molecule has 2 aliphatic heterocycles. The summed E-state index contributed by atoms with van der Waals surface area (Å²) in [6, 6.07) is 7.86. The molecule has 0 bridgehead atoms. The van der Waals surface area contributed by atoms with Crippen LogP contribution < -0.4 is 4.74 Å². The van der Waals surface area contributed by atoms with Gasteiger partial charge in [0.1, 0.15) is 17.7 Å². The summed E-state index contributed by atoms with van der Waals surface area (Å²) in [5.74, 6) is 0.0200. The summed E-state index contributed by atoms with van der Waals surface area (Å²) >= 11 is 5.82. The van der Waals surface area contributed by atoms with Crippen LogP contribution in [0.25, 0.3) is 0 Å². The van der Waals surface area contributed by atoms with Crippen molar-refractivity contribution in [3.05, 3.63) is 59.1 Å². The van der Waals surface area contributed by atoms with Gasteiger partial charge in [-0.15, -0.1) is 0 Å². The smallest absolute Gasteiger partial charge is 0.255 e. The van der Waals surface area contributed by atoms with Gasteiger partial charge in [0.15, 0.2) is 0 Å². The van der Waals surface area contributed by atoms with E-state index < -0.39 is 11.4 Å². The van der Waals surface area contributed by atoms with Crippen molar-refractivity contribution in [1.29, 1.82) is 0 Å². The van der Waals surface area contributed by atoms with Crippen molar-refractivity contribution in [1.82, 2.24) is 9.88 Å². The summed E-state index contributed by atoms with van der Waals surface area (Å²) in [6.45, 7) is 1.67. The molecule has 0 saturated carbocycles. The Morgan fingerprint density at radius 2 is 2.30 bits per heavy atom. The highest BCUT2D eigenvalue weighted by Gasteiger charge is 2.45. The van der Waals surface area contributed by atoms with Crippen LogP contribution in [0, 0.1) is 5.82 Å². The molecule has 0 unspecified atom stereocenters.